The first-order valence-electron chi connectivity index (χ1n) is 12.3. The van der Waals surface area contributed by atoms with Crippen molar-refractivity contribution in [3.05, 3.63) is 87.9 Å². The van der Waals surface area contributed by atoms with Crippen LogP contribution in [0.5, 0.6) is 0 Å². The Bertz CT molecular complexity index is 1240. The van der Waals surface area contributed by atoms with E-state index in [2.05, 4.69) is 12.1 Å². The van der Waals surface area contributed by atoms with Gasteiger partial charge in [-0.3, -0.25) is 9.59 Å². The number of oxime groups is 1. The third kappa shape index (κ3) is 5.79. The molecule has 2 heterocycles. The van der Waals surface area contributed by atoms with Crippen LogP contribution in [0.3, 0.4) is 0 Å². The van der Waals surface area contributed by atoms with Crippen molar-refractivity contribution in [2.75, 3.05) is 4.90 Å². The highest BCUT2D eigenvalue weighted by Gasteiger charge is 2.36. The number of allylic oxidation sites excluding steroid dienone is 4. The largest absolute Gasteiger partial charge is 0.331 e. The average Bonchev–Trinajstić information content (AvgIpc) is 3.56. The number of nitrogens with zero attached hydrogens (tertiary/aromatic N) is 2. The maximum Gasteiger partial charge on any atom is 0.331 e. The molecule has 1 aliphatic heterocycles. The fourth-order valence-corrected chi connectivity index (χ4v) is 5.11. The highest BCUT2D eigenvalue weighted by atomic mass is 32.1. The number of anilines is 1. The molecule has 2 aliphatic rings. The van der Waals surface area contributed by atoms with Gasteiger partial charge in [0.25, 0.3) is 0 Å². The molecule has 1 aromatic carbocycles. The monoisotopic (exact) mass is 502 g/mol. The molecule has 36 heavy (non-hydrogen) atoms. The van der Waals surface area contributed by atoms with Crippen LogP contribution in [0.1, 0.15) is 67.6 Å². The maximum absolute atomic E-state index is 13.6. The summed E-state index contributed by atoms with van der Waals surface area (Å²) in [6.07, 6.45) is 13.0. The molecule has 4 rings (SSSR count). The molecule has 0 saturated carbocycles. The molecule has 1 aromatic heterocycles. The summed E-state index contributed by atoms with van der Waals surface area (Å²) in [5.74, 6) is -0.843. The lowest BCUT2D eigenvalue weighted by Crippen LogP contribution is -2.22. The fourth-order valence-electron chi connectivity index (χ4n) is 4.43. The van der Waals surface area contributed by atoms with Crippen molar-refractivity contribution in [2.45, 2.75) is 52.4 Å². The Kier molecular flexibility index (Phi) is 8.44. The molecule has 0 bridgehead atoms. The van der Waals surface area contributed by atoms with E-state index in [4.69, 9.17) is 4.84 Å². The minimum Gasteiger partial charge on any atom is -0.320 e. The van der Waals surface area contributed by atoms with Crippen LogP contribution in [-0.2, 0) is 14.4 Å². The van der Waals surface area contributed by atoms with Crippen molar-refractivity contribution in [2.24, 2.45) is 11.1 Å². The van der Waals surface area contributed by atoms with E-state index in [-0.39, 0.29) is 23.2 Å². The van der Waals surface area contributed by atoms with Crippen LogP contribution in [0.4, 0.5) is 5.69 Å². The van der Waals surface area contributed by atoms with Crippen LogP contribution < -0.4 is 4.90 Å². The van der Waals surface area contributed by atoms with Crippen molar-refractivity contribution >= 4 is 40.3 Å². The van der Waals surface area contributed by atoms with Gasteiger partial charge in [0, 0.05) is 41.6 Å². The first-order valence-corrected chi connectivity index (χ1v) is 13.2. The van der Waals surface area contributed by atoms with Gasteiger partial charge in [0.2, 0.25) is 11.6 Å². The number of ketones is 2. The van der Waals surface area contributed by atoms with Crippen molar-refractivity contribution < 1.29 is 19.2 Å². The zero-order chi connectivity index (χ0) is 25.5. The van der Waals surface area contributed by atoms with Gasteiger partial charge in [-0.05, 0) is 61.1 Å². The Labute approximate surface area is 215 Å². The summed E-state index contributed by atoms with van der Waals surface area (Å²) in [6.45, 7) is 3.41. The molecule has 1 unspecified atom stereocenters. The lowest BCUT2D eigenvalue weighted by atomic mass is 9.87. The number of rotatable bonds is 11. The van der Waals surface area contributed by atoms with Gasteiger partial charge in [0.1, 0.15) is 5.71 Å². The SMILES string of the molecule is CCCCCC/C(=N/OC(C)=O)C(=O)C1=CN(c2ccc(C(=O)c3cccs3)cc2)C2=CC=CCC12. The molecule has 2 aromatic rings. The molecule has 1 aliphatic carbocycles. The number of carbonyl (C=O) groups excluding carboxylic acids is 3. The highest BCUT2D eigenvalue weighted by Crippen LogP contribution is 2.40. The van der Waals surface area contributed by atoms with Crippen LogP contribution >= 0.6 is 11.3 Å². The Morgan fingerprint density at radius 1 is 1.11 bits per heavy atom. The highest BCUT2D eigenvalue weighted by molar-refractivity contribution is 7.12. The van der Waals surface area contributed by atoms with Crippen molar-refractivity contribution in [3.63, 3.8) is 0 Å². The maximum atomic E-state index is 13.6. The van der Waals surface area contributed by atoms with Crippen LogP contribution in [0.2, 0.25) is 0 Å². The molecular formula is C29H30N2O4S. The van der Waals surface area contributed by atoms with Crippen LogP contribution in [0, 0.1) is 5.92 Å². The van der Waals surface area contributed by atoms with Gasteiger partial charge < -0.3 is 9.74 Å². The molecule has 1 atom stereocenters. The molecule has 0 fully saturated rings. The Morgan fingerprint density at radius 3 is 2.61 bits per heavy atom. The second-order valence-corrected chi connectivity index (χ2v) is 9.82. The molecule has 0 saturated heterocycles. The van der Waals surface area contributed by atoms with Crippen molar-refractivity contribution in [1.29, 1.82) is 0 Å². The number of benzene rings is 1. The topological polar surface area (TPSA) is 76.0 Å². The standard InChI is InChI=1S/C29H30N2O4S/c1-3-4-5-6-11-25(30-35-20(2)32)29(34)24-19-31(26-12-8-7-10-23(24)26)22-16-14-21(15-17-22)28(33)27-13-9-18-36-27/h7-9,12-19,23H,3-6,10-11H2,1-2H3/b30-25-. The molecular weight excluding hydrogens is 472 g/mol. The van der Waals surface area contributed by atoms with E-state index in [9.17, 15) is 14.4 Å². The summed E-state index contributed by atoms with van der Waals surface area (Å²) < 4.78 is 0. The van der Waals surface area contributed by atoms with Gasteiger partial charge in [-0.1, -0.05) is 49.6 Å². The summed E-state index contributed by atoms with van der Waals surface area (Å²) in [5, 5.41) is 5.83. The van der Waals surface area contributed by atoms with E-state index in [0.29, 0.717) is 28.9 Å². The molecule has 0 amide bonds. The number of Topliss-reactive ketones (excluding diaryl/α,β-unsaturated/α-hetero) is 1. The predicted octanol–water partition coefficient (Wildman–Crippen LogP) is 6.60. The average molecular weight is 503 g/mol. The second-order valence-electron chi connectivity index (χ2n) is 8.88. The van der Waals surface area contributed by atoms with Gasteiger partial charge in [-0.2, -0.15) is 0 Å². The van der Waals surface area contributed by atoms with E-state index < -0.39 is 5.97 Å². The number of fused-ring (bicyclic) bond motifs is 1. The number of unbranched alkanes of at least 4 members (excludes halogenated alkanes) is 3. The van der Waals surface area contributed by atoms with Gasteiger partial charge in [0.15, 0.2) is 0 Å². The van der Waals surface area contributed by atoms with Crippen LogP contribution in [0.15, 0.2) is 82.6 Å². The molecule has 7 heteroatoms. The van der Waals surface area contributed by atoms with Crippen molar-refractivity contribution in [1.82, 2.24) is 0 Å². The molecule has 186 valence electrons. The number of hydrogen-bond donors (Lipinski definition) is 0. The van der Waals surface area contributed by atoms with Crippen LogP contribution in [0.25, 0.3) is 0 Å². The Hall–Kier alpha value is -3.58. The normalized spacial score (nSPS) is 16.9. The van der Waals surface area contributed by atoms with E-state index in [1.165, 1.54) is 18.3 Å². The summed E-state index contributed by atoms with van der Waals surface area (Å²) in [4.78, 5) is 45.3. The van der Waals surface area contributed by atoms with Gasteiger partial charge >= 0.3 is 5.97 Å². The Morgan fingerprint density at radius 2 is 1.92 bits per heavy atom. The number of thiophene rings is 1. The van der Waals surface area contributed by atoms with E-state index >= 15 is 0 Å². The van der Waals surface area contributed by atoms with E-state index in [1.807, 2.05) is 71.1 Å². The van der Waals surface area contributed by atoms with Gasteiger partial charge in [-0.25, -0.2) is 4.79 Å². The summed E-state index contributed by atoms with van der Waals surface area (Å²) in [6, 6.07) is 11.1. The zero-order valence-electron chi connectivity index (χ0n) is 20.6. The zero-order valence-corrected chi connectivity index (χ0v) is 21.4. The fraction of sp³-hybridized carbons (Fsp3) is 0.310. The minimum atomic E-state index is -0.547. The number of hydrogen-bond acceptors (Lipinski definition) is 7. The molecule has 6 nitrogen and oxygen atoms in total. The first-order chi connectivity index (χ1) is 17.5. The molecule has 0 spiro atoms. The van der Waals surface area contributed by atoms with E-state index in [1.54, 1.807) is 0 Å². The Balaban J connectivity index is 1.59. The lowest BCUT2D eigenvalue weighted by Gasteiger charge is -2.24. The minimum absolute atomic E-state index is 0.00327. The second kappa shape index (κ2) is 11.9. The smallest absolute Gasteiger partial charge is 0.320 e. The predicted molar refractivity (Wildman–Crippen MR) is 143 cm³/mol. The number of carbonyl (C=O) groups is 3. The third-order valence-electron chi connectivity index (χ3n) is 6.28. The summed E-state index contributed by atoms with van der Waals surface area (Å²) in [5.41, 5.74) is 3.40. The van der Waals surface area contributed by atoms with Gasteiger partial charge in [-0.15, -0.1) is 11.3 Å². The summed E-state index contributed by atoms with van der Waals surface area (Å²) >= 11 is 1.42. The van der Waals surface area contributed by atoms with Gasteiger partial charge in [0.05, 0.1) is 4.88 Å². The summed E-state index contributed by atoms with van der Waals surface area (Å²) in [7, 11) is 0. The lowest BCUT2D eigenvalue weighted by molar-refractivity contribution is -0.140. The molecule has 0 radical (unpaired) electrons. The van der Waals surface area contributed by atoms with E-state index in [0.717, 1.165) is 37.1 Å². The van der Waals surface area contributed by atoms with Crippen LogP contribution in [-0.4, -0.2) is 23.2 Å². The third-order valence-corrected chi connectivity index (χ3v) is 7.15. The van der Waals surface area contributed by atoms with Crippen molar-refractivity contribution in [3.8, 4) is 0 Å². The first kappa shape index (κ1) is 25.5. The molecule has 0 N–H and O–H groups in total. The quantitative estimate of drug-likeness (QED) is 0.114.